The van der Waals surface area contributed by atoms with E-state index in [2.05, 4.69) is 41.5 Å². The summed E-state index contributed by atoms with van der Waals surface area (Å²) in [5.41, 5.74) is 0. The first-order valence-electron chi connectivity index (χ1n) is 4.29. The van der Waals surface area contributed by atoms with Gasteiger partial charge in [0.05, 0.1) is 0 Å². The van der Waals surface area contributed by atoms with E-state index in [0.29, 0.717) is 5.92 Å². The molecule has 0 aromatic rings. The van der Waals surface area contributed by atoms with Gasteiger partial charge in [0.2, 0.25) is 0 Å². The average Bonchev–Trinajstić information content (AvgIpc) is 1.84. The van der Waals surface area contributed by atoms with E-state index in [9.17, 15) is 0 Å². The van der Waals surface area contributed by atoms with Crippen molar-refractivity contribution in [3.63, 3.8) is 0 Å². The Bertz CT molecular complexity index is 70.0. The maximum atomic E-state index is 4.04. The zero-order chi connectivity index (χ0) is 8.31. The van der Waals surface area contributed by atoms with E-state index in [1.54, 1.807) is 0 Å². The Morgan fingerprint density at radius 2 is 1.20 bits per heavy atom. The molecule has 0 aliphatic heterocycles. The van der Waals surface area contributed by atoms with Crippen LogP contribution in [0.3, 0.4) is 0 Å². The molecule has 3 atom stereocenters. The van der Waals surface area contributed by atoms with Crippen molar-refractivity contribution in [2.75, 3.05) is 0 Å². The Hall–Kier alpha value is 0. The number of hydrogen-bond donors (Lipinski definition) is 0. The van der Waals surface area contributed by atoms with E-state index in [1.807, 2.05) is 0 Å². The van der Waals surface area contributed by atoms with Gasteiger partial charge in [-0.3, -0.25) is 0 Å². The third-order valence-corrected chi connectivity index (χ3v) is 2.78. The van der Waals surface area contributed by atoms with Gasteiger partial charge in [0.25, 0.3) is 0 Å². The summed E-state index contributed by atoms with van der Waals surface area (Å²) < 4.78 is 0. The summed E-state index contributed by atoms with van der Waals surface area (Å²) in [6.45, 7) is 15.4. The monoisotopic (exact) mass is 141 g/mol. The smallest absolute Gasteiger partial charge is 0.0416 e. The van der Waals surface area contributed by atoms with Gasteiger partial charge < -0.3 is 6.92 Å². The zero-order valence-corrected chi connectivity index (χ0v) is 8.02. The molecule has 10 heavy (non-hydrogen) atoms. The fraction of sp³-hybridized carbons (Fsp3) is 0.900. The van der Waals surface area contributed by atoms with Crippen molar-refractivity contribution in [2.24, 2.45) is 23.7 Å². The van der Waals surface area contributed by atoms with E-state index in [1.165, 1.54) is 0 Å². The largest absolute Gasteiger partial charge is 0.340 e. The van der Waals surface area contributed by atoms with Crippen LogP contribution in [0.2, 0.25) is 0 Å². The van der Waals surface area contributed by atoms with Crippen LogP contribution >= 0.6 is 0 Å². The van der Waals surface area contributed by atoms with Crippen molar-refractivity contribution in [2.45, 2.75) is 34.6 Å². The highest BCUT2D eigenvalue weighted by atomic mass is 14.2. The van der Waals surface area contributed by atoms with Crippen molar-refractivity contribution in [1.82, 2.24) is 0 Å². The summed E-state index contributed by atoms with van der Waals surface area (Å²) in [5.74, 6) is 2.92. The van der Waals surface area contributed by atoms with Crippen molar-refractivity contribution in [3.05, 3.63) is 6.92 Å². The fourth-order valence-corrected chi connectivity index (χ4v) is 1.13. The lowest BCUT2D eigenvalue weighted by atomic mass is 9.80. The van der Waals surface area contributed by atoms with Crippen LogP contribution in [0.4, 0.5) is 0 Å². The standard InChI is InChI=1S/C10H21/c1-7(2)9(5)10(6)8(3)4/h7-10H,1H2,2-6H3/q-1. The molecular weight excluding hydrogens is 120 g/mol. The first-order valence-corrected chi connectivity index (χ1v) is 4.29. The van der Waals surface area contributed by atoms with Gasteiger partial charge in [-0.2, -0.15) is 5.92 Å². The highest BCUT2D eigenvalue weighted by Crippen LogP contribution is 2.25. The zero-order valence-electron chi connectivity index (χ0n) is 8.02. The summed E-state index contributed by atoms with van der Waals surface area (Å²) in [6.07, 6.45) is 0. The first kappa shape index (κ1) is 10.0. The Morgan fingerprint density at radius 3 is 1.30 bits per heavy atom. The van der Waals surface area contributed by atoms with Crippen molar-refractivity contribution in [3.8, 4) is 0 Å². The predicted molar refractivity (Wildman–Crippen MR) is 47.7 cm³/mol. The lowest BCUT2D eigenvalue weighted by Gasteiger charge is -2.30. The lowest BCUT2D eigenvalue weighted by Crippen LogP contribution is -2.18. The first-order chi connectivity index (χ1) is 4.46. The number of hydrogen-bond acceptors (Lipinski definition) is 0. The van der Waals surface area contributed by atoms with Crippen LogP contribution in [0.1, 0.15) is 34.6 Å². The molecule has 0 saturated heterocycles. The number of rotatable bonds is 3. The van der Waals surface area contributed by atoms with Gasteiger partial charge in [-0.05, 0) is 11.8 Å². The summed E-state index contributed by atoms with van der Waals surface area (Å²) in [7, 11) is 0. The summed E-state index contributed by atoms with van der Waals surface area (Å²) in [4.78, 5) is 0. The Labute approximate surface area is 66.0 Å². The van der Waals surface area contributed by atoms with E-state index in [4.69, 9.17) is 0 Å². The minimum absolute atomic E-state index is 0.581. The third kappa shape index (κ3) is 2.72. The van der Waals surface area contributed by atoms with Crippen LogP contribution in [0.25, 0.3) is 0 Å². The molecule has 0 aliphatic rings. The summed E-state index contributed by atoms with van der Waals surface area (Å²) in [6, 6.07) is 0. The molecule has 0 spiro atoms. The second kappa shape index (κ2) is 4.00. The Morgan fingerprint density at radius 1 is 0.800 bits per heavy atom. The molecule has 0 amide bonds. The molecule has 0 radical (unpaired) electrons. The molecule has 3 unspecified atom stereocenters. The summed E-state index contributed by atoms with van der Waals surface area (Å²) >= 11 is 0. The molecule has 0 rings (SSSR count). The van der Waals surface area contributed by atoms with Crippen LogP contribution in [0.15, 0.2) is 0 Å². The molecule has 0 aliphatic carbocycles. The molecule has 62 valence electrons. The SMILES string of the molecule is [CH2-]C(C)C(C)C(C)C(C)C. The van der Waals surface area contributed by atoms with Gasteiger partial charge in [0.15, 0.2) is 0 Å². The molecule has 0 heterocycles. The molecule has 0 saturated carbocycles. The average molecular weight is 141 g/mol. The molecule has 0 aromatic carbocycles. The Balaban J connectivity index is 3.81. The van der Waals surface area contributed by atoms with Crippen molar-refractivity contribution in [1.29, 1.82) is 0 Å². The molecule has 0 fully saturated rings. The summed E-state index contributed by atoms with van der Waals surface area (Å²) in [5, 5.41) is 0. The molecule has 0 heteroatoms. The highest BCUT2D eigenvalue weighted by Gasteiger charge is 2.14. The van der Waals surface area contributed by atoms with E-state index < -0.39 is 0 Å². The molecule has 0 N–H and O–H groups in total. The second-order valence-electron chi connectivity index (χ2n) is 3.94. The van der Waals surface area contributed by atoms with Crippen LogP contribution in [0.5, 0.6) is 0 Å². The maximum absolute atomic E-state index is 4.04. The predicted octanol–water partition coefficient (Wildman–Crippen LogP) is 3.38. The molecular formula is C10H21-. The second-order valence-corrected chi connectivity index (χ2v) is 3.94. The topological polar surface area (TPSA) is 0 Å². The van der Waals surface area contributed by atoms with Gasteiger partial charge in [-0.25, -0.2) is 0 Å². The van der Waals surface area contributed by atoms with Crippen molar-refractivity contribution >= 4 is 0 Å². The Kier molecular flexibility index (Phi) is 4.00. The maximum Gasteiger partial charge on any atom is -0.0416 e. The normalized spacial score (nSPS) is 20.7. The molecule has 0 nitrogen and oxygen atoms in total. The van der Waals surface area contributed by atoms with Gasteiger partial charge in [0.1, 0.15) is 0 Å². The van der Waals surface area contributed by atoms with Gasteiger partial charge in [-0.15, -0.1) is 0 Å². The fourth-order valence-electron chi connectivity index (χ4n) is 1.13. The minimum Gasteiger partial charge on any atom is -0.340 e. The van der Waals surface area contributed by atoms with Gasteiger partial charge in [0, 0.05) is 0 Å². The molecule has 0 bridgehead atoms. The van der Waals surface area contributed by atoms with E-state index in [-0.39, 0.29) is 0 Å². The van der Waals surface area contributed by atoms with Gasteiger partial charge in [-0.1, -0.05) is 40.5 Å². The highest BCUT2D eigenvalue weighted by molar-refractivity contribution is 4.71. The van der Waals surface area contributed by atoms with Crippen LogP contribution in [-0.4, -0.2) is 0 Å². The quantitative estimate of drug-likeness (QED) is 0.528. The minimum atomic E-state index is 0.581. The molecule has 0 aromatic heterocycles. The van der Waals surface area contributed by atoms with Crippen LogP contribution in [-0.2, 0) is 0 Å². The lowest BCUT2D eigenvalue weighted by molar-refractivity contribution is 0.250. The van der Waals surface area contributed by atoms with E-state index >= 15 is 0 Å². The van der Waals surface area contributed by atoms with Crippen molar-refractivity contribution < 1.29 is 0 Å². The van der Waals surface area contributed by atoms with E-state index in [0.717, 1.165) is 17.8 Å². The third-order valence-electron chi connectivity index (χ3n) is 2.78. The van der Waals surface area contributed by atoms with Crippen LogP contribution in [0, 0.1) is 30.6 Å². The van der Waals surface area contributed by atoms with Crippen LogP contribution < -0.4 is 0 Å². The van der Waals surface area contributed by atoms with Gasteiger partial charge >= 0.3 is 0 Å².